The molecule has 1 spiro atoms. The number of pyridine rings is 1. The fraction of sp³-hybridized carbons (Fsp3) is 0.396. The number of aromatic hydroxyl groups is 4. The van der Waals surface area contributed by atoms with E-state index in [2.05, 4.69) is 24.1 Å². The Balaban J connectivity index is 1.29. The number of carbonyl (C=O) groups excluding carboxylic acids is 1. The van der Waals surface area contributed by atoms with Gasteiger partial charge in [0.05, 0.1) is 31.8 Å². The summed E-state index contributed by atoms with van der Waals surface area (Å²) in [5.74, 6) is -1.47. The number of anilines is 2. The highest BCUT2D eigenvalue weighted by atomic mass is 16.5. The maximum Gasteiger partial charge on any atom is 0.200 e. The maximum atomic E-state index is 15.9. The molecule has 12 heteroatoms. The quantitative estimate of drug-likeness (QED) is 0.0430. The number of ketones is 1. The van der Waals surface area contributed by atoms with Crippen LogP contribution in [0.25, 0.3) is 10.8 Å². The second-order valence-electron chi connectivity index (χ2n) is 18.4. The van der Waals surface area contributed by atoms with E-state index in [0.717, 1.165) is 51.7 Å². The van der Waals surface area contributed by atoms with Gasteiger partial charge in [0.25, 0.3) is 0 Å². The number of nitrogens with one attached hydrogen (secondary N) is 1. The molecule has 12 nitrogen and oxygen atoms in total. The molecule has 6 atom stereocenters. The largest absolute Gasteiger partial charge is 0.668 e. The van der Waals surface area contributed by atoms with Gasteiger partial charge >= 0.3 is 0 Å². The number of methoxy groups -OCH3 is 1. The second kappa shape index (κ2) is 19.5. The van der Waals surface area contributed by atoms with Gasteiger partial charge in [-0.15, -0.1) is 0 Å². The van der Waals surface area contributed by atoms with E-state index >= 15 is 4.79 Å². The summed E-state index contributed by atoms with van der Waals surface area (Å²) >= 11 is 0. The number of fused-ring (bicyclic) bond motifs is 6. The van der Waals surface area contributed by atoms with Crippen LogP contribution in [0.1, 0.15) is 92.7 Å². The Kier molecular flexibility index (Phi) is 13.6. The third-order valence-electron chi connectivity index (χ3n) is 13.9. The van der Waals surface area contributed by atoms with Crippen LogP contribution in [0.4, 0.5) is 11.5 Å². The smallest absolute Gasteiger partial charge is 0.200 e. The molecule has 2 bridgehead atoms. The van der Waals surface area contributed by atoms with Crippen LogP contribution in [0.5, 0.6) is 34.5 Å². The number of Topliss-reactive ketones (excluding diaryl/α,β-unsaturated/α-hetero) is 1. The highest BCUT2D eigenvalue weighted by molar-refractivity contribution is 5.92. The highest BCUT2D eigenvalue weighted by Crippen LogP contribution is 2.55. The third kappa shape index (κ3) is 9.60. The molecular weight excluding hydrogens is 823 g/mol. The van der Waals surface area contributed by atoms with E-state index < -0.39 is 35.4 Å². The van der Waals surface area contributed by atoms with Gasteiger partial charge in [0.15, 0.2) is 23.0 Å². The predicted octanol–water partition coefficient (Wildman–Crippen LogP) is 9.13. The Hall–Kier alpha value is -6.24. The van der Waals surface area contributed by atoms with Crippen LogP contribution < -0.4 is 19.8 Å². The van der Waals surface area contributed by atoms with Gasteiger partial charge < -0.3 is 50.4 Å². The van der Waals surface area contributed by atoms with Gasteiger partial charge in [-0.3, -0.25) is 4.79 Å². The lowest BCUT2D eigenvalue weighted by atomic mass is 9.58. The van der Waals surface area contributed by atoms with Crippen LogP contribution in [0, 0.1) is 17.8 Å². The number of aryl methyl sites for hydroxylation is 2. The number of phenolic OH excluding ortho intramolecular Hbond substituents is 4. The minimum Gasteiger partial charge on any atom is -0.668 e. The number of hydrogen-bond donors (Lipinski definition) is 7. The van der Waals surface area contributed by atoms with E-state index in [1.54, 1.807) is 48.8 Å². The molecule has 2 aliphatic rings. The van der Waals surface area contributed by atoms with Gasteiger partial charge in [-0.05, 0) is 163 Å². The summed E-state index contributed by atoms with van der Waals surface area (Å²) < 4.78 is 11.5. The molecule has 342 valence electrons. The van der Waals surface area contributed by atoms with Crippen molar-refractivity contribution >= 4 is 28.1 Å². The van der Waals surface area contributed by atoms with Crippen LogP contribution in [0.3, 0.4) is 0 Å². The highest BCUT2D eigenvalue weighted by Gasteiger charge is 2.57. The Morgan fingerprint density at radius 3 is 2.55 bits per heavy atom. The number of benzene rings is 4. The Labute approximate surface area is 379 Å². The third-order valence-corrected chi connectivity index (χ3v) is 13.9. The van der Waals surface area contributed by atoms with Crippen molar-refractivity contribution < 1.29 is 44.9 Å². The van der Waals surface area contributed by atoms with Crippen LogP contribution in [0.2, 0.25) is 0 Å². The van der Waals surface area contributed by atoms with E-state index in [4.69, 9.17) is 14.5 Å². The lowest BCUT2D eigenvalue weighted by Crippen LogP contribution is -2.51. The summed E-state index contributed by atoms with van der Waals surface area (Å²) in [5.41, 5.74) is 3.57. The number of aromatic nitrogens is 2. The summed E-state index contributed by atoms with van der Waals surface area (Å²) in [6, 6.07) is 25.1. The van der Waals surface area contributed by atoms with Crippen LogP contribution in [0.15, 0.2) is 97.3 Å². The predicted molar refractivity (Wildman–Crippen MR) is 250 cm³/mol. The number of rotatable bonds is 13. The minimum absolute atomic E-state index is 0.00380. The maximum absolute atomic E-state index is 15.9. The first-order valence-electron chi connectivity index (χ1n) is 22.8. The monoisotopic (exact) mass is 882 g/mol. The van der Waals surface area contributed by atoms with E-state index in [-0.39, 0.29) is 47.4 Å². The molecular formula is C53H60N3O9-. The Morgan fingerprint density at radius 2 is 1.77 bits per heavy atom. The first-order chi connectivity index (χ1) is 31.3. The first kappa shape index (κ1) is 45.3. The van der Waals surface area contributed by atoms with Crippen molar-refractivity contribution in [1.82, 2.24) is 9.97 Å². The van der Waals surface area contributed by atoms with E-state index in [1.807, 2.05) is 42.5 Å². The number of aliphatic hydroxyl groups is 2. The van der Waals surface area contributed by atoms with E-state index in [9.17, 15) is 30.6 Å². The van der Waals surface area contributed by atoms with Gasteiger partial charge in [-0.1, -0.05) is 44.2 Å². The normalized spacial score (nSPS) is 21.6. The molecule has 1 aliphatic carbocycles. The van der Waals surface area contributed by atoms with Crippen LogP contribution in [-0.4, -0.2) is 67.3 Å². The van der Waals surface area contributed by atoms with Gasteiger partial charge in [0.1, 0.15) is 17.4 Å². The lowest BCUT2D eigenvalue weighted by Gasteiger charge is -2.46. The number of ether oxygens (including phenoxy) is 2. The molecule has 6 unspecified atom stereocenters. The van der Waals surface area contributed by atoms with Crippen molar-refractivity contribution in [2.45, 2.75) is 102 Å². The van der Waals surface area contributed by atoms with Crippen molar-refractivity contribution in [3.8, 4) is 34.5 Å². The molecule has 1 fully saturated rings. The second-order valence-corrected chi connectivity index (χ2v) is 18.4. The topological polar surface area (TPSA) is 196 Å². The average Bonchev–Trinajstić information content (AvgIpc) is 3.93. The molecule has 6 aromatic rings. The molecule has 4 aromatic carbocycles. The fourth-order valence-electron chi connectivity index (χ4n) is 10.6. The first-order valence-corrected chi connectivity index (χ1v) is 22.8. The minimum atomic E-state index is -1.19. The molecule has 1 aliphatic heterocycles. The Bertz CT molecular complexity index is 2610. The Morgan fingerprint density at radius 1 is 0.923 bits per heavy atom. The number of aliphatic hydroxyl groups excluding tert-OH is 2. The zero-order valence-electron chi connectivity index (χ0n) is 37.3. The molecule has 0 amide bonds. The summed E-state index contributed by atoms with van der Waals surface area (Å²) in [4.78, 5) is 25.3. The number of nitrogens with zero attached hydrogens (tertiary/aromatic N) is 2. The molecule has 0 radical (unpaired) electrons. The van der Waals surface area contributed by atoms with Crippen molar-refractivity contribution in [1.29, 1.82) is 0 Å². The van der Waals surface area contributed by atoms with Gasteiger partial charge in [0.2, 0.25) is 5.75 Å². The number of hydrogen-bond acceptors (Lipinski definition) is 11. The molecule has 7 N–H and O–H groups in total. The average molecular weight is 883 g/mol. The molecule has 3 heterocycles. The van der Waals surface area contributed by atoms with Crippen LogP contribution >= 0.6 is 0 Å². The zero-order valence-corrected chi connectivity index (χ0v) is 37.3. The molecule has 65 heavy (non-hydrogen) atoms. The number of phenols is 4. The summed E-state index contributed by atoms with van der Waals surface area (Å²) in [7, 11) is 1.48. The molecule has 0 saturated heterocycles. The van der Waals surface area contributed by atoms with E-state index in [1.165, 1.54) is 13.2 Å². The summed E-state index contributed by atoms with van der Waals surface area (Å²) in [6.45, 7) is 4.59. The zero-order chi connectivity index (χ0) is 45.8. The van der Waals surface area contributed by atoms with Gasteiger partial charge in [-0.25, -0.2) is 4.98 Å². The standard InChI is InChI=1S/C53H60N3O9/c1-31(2)6-5-23-65-49-28-35(27-47(62)52(49)63)33-10-13-40-39-14-12-38(57)25-34(39)11-15-42(40)56-50-29-36(19-22-55-50)53(20-18-43(58)41(53)30-37-7-4-21-54-37)51(46(61)26-33)45(60)17-9-32-8-16-44(59)48(24-32)64-3/h4,7-8,11-12,14-16,19,21-22,24-25,27-29,31,33,41,43,45,51,57-60,62-63H,5-6,9-10,13,17-18,20,23,26,30H2,1-3H3,(H,55,56)/q-1. The molecule has 8 rings (SSSR count). The van der Waals surface area contributed by atoms with Crippen molar-refractivity contribution in [3.05, 3.63) is 125 Å². The summed E-state index contributed by atoms with van der Waals surface area (Å²) in [5, 5.41) is 73.3. The SMILES string of the molecule is COc1cc(CCC(O)C2C(=O)CC(c3cc(O)c(O)c(OCCCC(C)C)c3)CCc3c(ccc4cc(O)ccc34)Nc3cc(ccn3)C23CCC(O)C3Cc2ccc[n-]2)ccc1O. The van der Waals surface area contributed by atoms with E-state index in [0.29, 0.717) is 68.2 Å². The van der Waals surface area contributed by atoms with Crippen molar-refractivity contribution in [2.24, 2.45) is 17.8 Å². The van der Waals surface area contributed by atoms with Gasteiger partial charge in [-0.2, -0.15) is 11.9 Å². The molecule has 1 saturated carbocycles. The number of carbonyl (C=O) groups is 1. The van der Waals surface area contributed by atoms with Crippen LogP contribution in [-0.2, 0) is 29.5 Å². The van der Waals surface area contributed by atoms with Crippen molar-refractivity contribution in [3.63, 3.8) is 0 Å². The summed E-state index contributed by atoms with van der Waals surface area (Å²) in [6.07, 6.45) is 5.60. The van der Waals surface area contributed by atoms with Crippen molar-refractivity contribution in [2.75, 3.05) is 19.0 Å². The fourth-order valence-corrected chi connectivity index (χ4v) is 10.6. The molecule has 2 aromatic heterocycles. The lowest BCUT2D eigenvalue weighted by molar-refractivity contribution is -0.132. The van der Waals surface area contributed by atoms with Gasteiger partial charge in [0, 0.05) is 23.7 Å².